The third-order valence-electron chi connectivity index (χ3n) is 2.80. The number of carbonyl (C=O) groups is 1. The molecule has 1 amide bonds. The number of benzene rings is 1. The van der Waals surface area contributed by atoms with E-state index in [0.717, 1.165) is 5.56 Å². The van der Waals surface area contributed by atoms with Gasteiger partial charge >= 0.3 is 0 Å². The molecule has 1 N–H and O–H groups in total. The van der Waals surface area contributed by atoms with Gasteiger partial charge in [0.15, 0.2) is 11.5 Å². The summed E-state index contributed by atoms with van der Waals surface area (Å²) in [4.78, 5) is 15.9. The number of hydrogen-bond acceptors (Lipinski definition) is 4. The maximum Gasteiger partial charge on any atom is 0.270 e. The number of methoxy groups -OCH3 is 2. The topological polar surface area (TPSA) is 60.5 Å². The molecule has 0 bridgehead atoms. The molecular weight excluding hydrogens is 256 g/mol. The first kappa shape index (κ1) is 13.9. The number of carbonyl (C=O) groups excluding carboxylic acids is 1. The van der Waals surface area contributed by atoms with E-state index >= 15 is 0 Å². The average Bonchev–Trinajstić information content (AvgIpc) is 2.53. The second kappa shape index (κ2) is 6.56. The first-order valence-electron chi connectivity index (χ1n) is 6.14. The maximum atomic E-state index is 11.9. The molecule has 0 spiro atoms. The van der Waals surface area contributed by atoms with Crippen molar-refractivity contribution >= 4 is 5.91 Å². The van der Waals surface area contributed by atoms with Crippen LogP contribution < -0.4 is 14.8 Å². The number of pyridine rings is 1. The Morgan fingerprint density at radius 2 is 1.95 bits per heavy atom. The van der Waals surface area contributed by atoms with E-state index in [4.69, 9.17) is 9.47 Å². The van der Waals surface area contributed by atoms with Crippen LogP contribution in [0.1, 0.15) is 16.1 Å². The highest BCUT2D eigenvalue weighted by atomic mass is 16.5. The zero-order valence-corrected chi connectivity index (χ0v) is 11.4. The summed E-state index contributed by atoms with van der Waals surface area (Å²) in [6.07, 6.45) is 1.59. The van der Waals surface area contributed by atoms with Crippen LogP contribution in [-0.4, -0.2) is 25.1 Å². The number of rotatable bonds is 5. The standard InChI is InChI=1S/C15H16N2O3/c1-19-13-7-6-11(9-14(13)20-2)10-17-15(18)12-5-3-4-8-16-12/h3-9H,10H2,1-2H3,(H,17,18). The van der Waals surface area contributed by atoms with Gasteiger partial charge in [-0.25, -0.2) is 0 Å². The normalized spacial score (nSPS) is 9.90. The molecule has 1 aromatic carbocycles. The van der Waals surface area contributed by atoms with Gasteiger partial charge in [0.2, 0.25) is 0 Å². The summed E-state index contributed by atoms with van der Waals surface area (Å²) in [5.41, 5.74) is 1.32. The molecule has 0 atom stereocenters. The fraction of sp³-hybridized carbons (Fsp3) is 0.200. The van der Waals surface area contributed by atoms with Crippen molar-refractivity contribution in [2.24, 2.45) is 0 Å². The van der Waals surface area contributed by atoms with Gasteiger partial charge in [0.1, 0.15) is 5.69 Å². The predicted molar refractivity (Wildman–Crippen MR) is 75.0 cm³/mol. The first-order valence-corrected chi connectivity index (χ1v) is 6.14. The van der Waals surface area contributed by atoms with Gasteiger partial charge in [-0.05, 0) is 29.8 Å². The molecule has 20 heavy (non-hydrogen) atoms. The molecule has 0 fully saturated rings. The molecule has 0 radical (unpaired) electrons. The number of hydrogen-bond donors (Lipinski definition) is 1. The summed E-state index contributed by atoms with van der Waals surface area (Å²) >= 11 is 0. The quantitative estimate of drug-likeness (QED) is 0.904. The van der Waals surface area contributed by atoms with Gasteiger partial charge < -0.3 is 14.8 Å². The van der Waals surface area contributed by atoms with Crippen molar-refractivity contribution in [3.8, 4) is 11.5 Å². The van der Waals surface area contributed by atoms with Crippen molar-refractivity contribution in [2.75, 3.05) is 14.2 Å². The predicted octanol–water partition coefficient (Wildman–Crippen LogP) is 2.03. The van der Waals surface area contributed by atoms with Gasteiger partial charge in [-0.15, -0.1) is 0 Å². The molecule has 104 valence electrons. The van der Waals surface area contributed by atoms with Gasteiger partial charge in [-0.2, -0.15) is 0 Å². The van der Waals surface area contributed by atoms with Crippen LogP contribution in [0.15, 0.2) is 42.6 Å². The Bertz CT molecular complexity index is 585. The summed E-state index contributed by atoms with van der Waals surface area (Å²) in [6.45, 7) is 0.399. The molecule has 1 aromatic heterocycles. The molecule has 0 aliphatic carbocycles. The summed E-state index contributed by atoms with van der Waals surface area (Å²) in [7, 11) is 3.16. The number of aromatic nitrogens is 1. The Kier molecular flexibility index (Phi) is 4.55. The minimum Gasteiger partial charge on any atom is -0.493 e. The van der Waals surface area contributed by atoms with Crippen molar-refractivity contribution in [3.63, 3.8) is 0 Å². The van der Waals surface area contributed by atoms with Gasteiger partial charge in [-0.1, -0.05) is 12.1 Å². The highest BCUT2D eigenvalue weighted by Crippen LogP contribution is 2.27. The lowest BCUT2D eigenvalue weighted by atomic mass is 10.2. The number of nitrogens with zero attached hydrogens (tertiary/aromatic N) is 1. The highest BCUT2D eigenvalue weighted by Gasteiger charge is 2.08. The Balaban J connectivity index is 2.02. The van der Waals surface area contributed by atoms with Crippen molar-refractivity contribution in [2.45, 2.75) is 6.54 Å². The van der Waals surface area contributed by atoms with Crippen LogP contribution in [0.2, 0.25) is 0 Å². The maximum absolute atomic E-state index is 11.9. The minimum atomic E-state index is -0.208. The fourth-order valence-electron chi connectivity index (χ4n) is 1.76. The monoisotopic (exact) mass is 272 g/mol. The first-order chi connectivity index (χ1) is 9.74. The Morgan fingerprint density at radius 3 is 2.60 bits per heavy atom. The Labute approximate surface area is 117 Å². The molecule has 2 rings (SSSR count). The van der Waals surface area contributed by atoms with Crippen molar-refractivity contribution in [1.29, 1.82) is 0 Å². The van der Waals surface area contributed by atoms with Gasteiger partial charge in [0.25, 0.3) is 5.91 Å². The molecule has 2 aromatic rings. The van der Waals surface area contributed by atoms with E-state index in [1.807, 2.05) is 12.1 Å². The number of nitrogens with one attached hydrogen (secondary N) is 1. The molecule has 0 aliphatic rings. The summed E-state index contributed by atoms with van der Waals surface area (Å²) in [6, 6.07) is 10.7. The van der Waals surface area contributed by atoms with Crippen molar-refractivity contribution in [3.05, 3.63) is 53.9 Å². The van der Waals surface area contributed by atoms with E-state index in [9.17, 15) is 4.79 Å². The van der Waals surface area contributed by atoms with Crippen LogP contribution in [0.5, 0.6) is 11.5 Å². The molecular formula is C15H16N2O3. The number of ether oxygens (including phenoxy) is 2. The van der Waals surface area contributed by atoms with E-state index in [1.165, 1.54) is 0 Å². The molecule has 5 nitrogen and oxygen atoms in total. The average molecular weight is 272 g/mol. The van der Waals surface area contributed by atoms with Gasteiger partial charge in [0, 0.05) is 12.7 Å². The zero-order chi connectivity index (χ0) is 14.4. The van der Waals surface area contributed by atoms with Crippen LogP contribution in [0.3, 0.4) is 0 Å². The molecule has 1 heterocycles. The molecule has 0 aliphatic heterocycles. The number of amides is 1. The van der Waals surface area contributed by atoms with Crippen molar-refractivity contribution in [1.82, 2.24) is 10.3 Å². The lowest BCUT2D eigenvalue weighted by Gasteiger charge is -2.10. The SMILES string of the molecule is COc1ccc(CNC(=O)c2ccccn2)cc1OC. The third-order valence-corrected chi connectivity index (χ3v) is 2.80. The molecule has 0 unspecified atom stereocenters. The van der Waals surface area contributed by atoms with Crippen LogP contribution in [0.4, 0.5) is 0 Å². The lowest BCUT2D eigenvalue weighted by Crippen LogP contribution is -2.23. The summed E-state index contributed by atoms with van der Waals surface area (Å²) in [5.74, 6) is 1.09. The van der Waals surface area contributed by atoms with E-state index < -0.39 is 0 Å². The second-order valence-corrected chi connectivity index (χ2v) is 4.09. The lowest BCUT2D eigenvalue weighted by molar-refractivity contribution is 0.0946. The molecule has 0 saturated carbocycles. The van der Waals surface area contributed by atoms with Crippen LogP contribution >= 0.6 is 0 Å². The smallest absolute Gasteiger partial charge is 0.270 e. The minimum absolute atomic E-state index is 0.208. The largest absolute Gasteiger partial charge is 0.493 e. The van der Waals surface area contributed by atoms with E-state index in [1.54, 1.807) is 44.7 Å². The van der Waals surface area contributed by atoms with E-state index in [0.29, 0.717) is 23.7 Å². The molecule has 5 heteroatoms. The van der Waals surface area contributed by atoms with Gasteiger partial charge in [-0.3, -0.25) is 9.78 Å². The fourth-order valence-corrected chi connectivity index (χ4v) is 1.76. The summed E-state index contributed by atoms with van der Waals surface area (Å²) in [5, 5.41) is 2.81. The summed E-state index contributed by atoms with van der Waals surface area (Å²) < 4.78 is 10.4. The van der Waals surface area contributed by atoms with E-state index in [2.05, 4.69) is 10.3 Å². The van der Waals surface area contributed by atoms with Crippen molar-refractivity contribution < 1.29 is 14.3 Å². The van der Waals surface area contributed by atoms with Crippen LogP contribution in [0.25, 0.3) is 0 Å². The second-order valence-electron chi connectivity index (χ2n) is 4.09. The third kappa shape index (κ3) is 3.26. The zero-order valence-electron chi connectivity index (χ0n) is 11.4. The van der Waals surface area contributed by atoms with E-state index in [-0.39, 0.29) is 5.91 Å². The molecule has 0 saturated heterocycles. The highest BCUT2D eigenvalue weighted by molar-refractivity contribution is 5.92. The van der Waals surface area contributed by atoms with Gasteiger partial charge in [0.05, 0.1) is 14.2 Å². The van der Waals surface area contributed by atoms with Crippen LogP contribution in [0, 0.1) is 0 Å². The Morgan fingerprint density at radius 1 is 1.15 bits per heavy atom. The van der Waals surface area contributed by atoms with Crippen LogP contribution in [-0.2, 0) is 6.54 Å². The Hall–Kier alpha value is -2.56.